The SMILES string of the molecule is O=C1C(OB(O)O)=C(S(=O)(=O)O)C(=O)C(O)=C1S(=O)(=O)O.[LiH]. The third-order valence-electron chi connectivity index (χ3n) is 1.99. The summed E-state index contributed by atoms with van der Waals surface area (Å²) < 4.78 is 65.1. The van der Waals surface area contributed by atoms with Gasteiger partial charge in [0.25, 0.3) is 0 Å². The molecule has 0 bridgehead atoms. The minimum atomic E-state index is -5.51. The van der Waals surface area contributed by atoms with Gasteiger partial charge in [-0.05, 0) is 0 Å². The Labute approximate surface area is 134 Å². The van der Waals surface area contributed by atoms with E-state index in [1.807, 2.05) is 0 Å². The molecule has 16 heteroatoms. The molecule has 22 heavy (non-hydrogen) atoms. The van der Waals surface area contributed by atoms with Crippen molar-refractivity contribution in [3.05, 3.63) is 21.3 Å². The molecule has 1 aliphatic carbocycles. The second kappa shape index (κ2) is 6.52. The Balaban J connectivity index is 0.00000441. The first kappa shape index (κ1) is 20.8. The zero-order chi connectivity index (χ0) is 16.7. The number of Topliss-reactive ketones (excluding diaryl/α,β-unsaturated/α-hetero) is 2. The van der Waals surface area contributed by atoms with E-state index in [1.54, 1.807) is 0 Å². The summed E-state index contributed by atoms with van der Waals surface area (Å²) in [6, 6.07) is 0. The first-order chi connectivity index (χ1) is 9.28. The van der Waals surface area contributed by atoms with Crippen LogP contribution in [0.3, 0.4) is 0 Å². The van der Waals surface area contributed by atoms with Crippen LogP contribution >= 0.6 is 0 Å². The molecule has 0 fully saturated rings. The van der Waals surface area contributed by atoms with Crippen LogP contribution < -0.4 is 0 Å². The Kier molecular flexibility index (Phi) is 6.17. The molecular formula is C6H6BLiO12S2. The van der Waals surface area contributed by atoms with Crippen molar-refractivity contribution in [2.24, 2.45) is 0 Å². The third-order valence-corrected chi connectivity index (χ3v) is 3.78. The van der Waals surface area contributed by atoms with Crippen molar-refractivity contribution in [3.8, 4) is 0 Å². The molecule has 5 N–H and O–H groups in total. The van der Waals surface area contributed by atoms with Gasteiger partial charge in [-0.15, -0.1) is 0 Å². The summed E-state index contributed by atoms with van der Waals surface area (Å²) in [5.74, 6) is -7.99. The second-order valence-corrected chi connectivity index (χ2v) is 6.11. The summed E-state index contributed by atoms with van der Waals surface area (Å²) >= 11 is 0. The fraction of sp³-hybridized carbons (Fsp3) is 0. The molecule has 1 rings (SSSR count). The van der Waals surface area contributed by atoms with Crippen LogP contribution in [0.4, 0.5) is 0 Å². The average molecular weight is 352 g/mol. The predicted molar refractivity (Wildman–Crippen MR) is 68.2 cm³/mol. The van der Waals surface area contributed by atoms with E-state index in [9.17, 15) is 31.5 Å². The first-order valence-corrected chi connectivity index (χ1v) is 7.41. The zero-order valence-corrected chi connectivity index (χ0v) is 11.1. The number of carbonyl (C=O) groups is 2. The number of ketones is 2. The minimum absolute atomic E-state index is 0. The van der Waals surface area contributed by atoms with Crippen LogP contribution in [-0.2, 0) is 34.5 Å². The molecule has 0 aromatic rings. The van der Waals surface area contributed by atoms with Crippen LogP contribution in [0.1, 0.15) is 0 Å². The zero-order valence-electron chi connectivity index (χ0n) is 9.49. The molecule has 0 saturated carbocycles. The molecule has 118 valence electrons. The summed E-state index contributed by atoms with van der Waals surface area (Å²) in [6.07, 6.45) is 0. The van der Waals surface area contributed by atoms with E-state index in [2.05, 4.69) is 4.65 Å². The summed E-state index contributed by atoms with van der Waals surface area (Å²) in [6.45, 7) is 0. The van der Waals surface area contributed by atoms with Gasteiger partial charge in [0.05, 0.1) is 0 Å². The van der Waals surface area contributed by atoms with Crippen LogP contribution in [0.15, 0.2) is 21.3 Å². The first-order valence-electron chi connectivity index (χ1n) is 4.53. The predicted octanol–water partition coefficient (Wildman–Crippen LogP) is -3.77. The van der Waals surface area contributed by atoms with E-state index >= 15 is 0 Å². The Hall–Kier alpha value is -1.18. The Morgan fingerprint density at radius 1 is 0.864 bits per heavy atom. The molecule has 0 aliphatic heterocycles. The van der Waals surface area contributed by atoms with Gasteiger partial charge >= 0.3 is 46.4 Å². The van der Waals surface area contributed by atoms with Crippen molar-refractivity contribution in [2.75, 3.05) is 0 Å². The van der Waals surface area contributed by atoms with Crippen molar-refractivity contribution in [2.45, 2.75) is 0 Å². The van der Waals surface area contributed by atoms with E-state index in [0.717, 1.165) is 0 Å². The van der Waals surface area contributed by atoms with Crippen LogP contribution in [0.2, 0.25) is 0 Å². The second-order valence-electron chi connectivity index (χ2n) is 3.39. The number of hydrogen-bond donors (Lipinski definition) is 5. The summed E-state index contributed by atoms with van der Waals surface area (Å²) in [5, 5.41) is 26.2. The van der Waals surface area contributed by atoms with Crippen LogP contribution in [-0.4, -0.2) is 78.8 Å². The molecular weight excluding hydrogens is 346 g/mol. The molecule has 1 aliphatic rings. The molecule has 0 amide bonds. The molecule has 0 aromatic heterocycles. The Morgan fingerprint density at radius 3 is 1.59 bits per heavy atom. The number of rotatable bonds is 4. The van der Waals surface area contributed by atoms with E-state index in [0.29, 0.717) is 0 Å². The van der Waals surface area contributed by atoms with Gasteiger partial charge in [0, 0.05) is 0 Å². The van der Waals surface area contributed by atoms with Gasteiger partial charge < -0.3 is 19.8 Å². The number of allylic oxidation sites excluding steroid dienone is 2. The fourth-order valence-electron chi connectivity index (χ4n) is 1.31. The summed E-state index contributed by atoms with van der Waals surface area (Å²) in [5.41, 5.74) is 0. The van der Waals surface area contributed by atoms with Gasteiger partial charge in [0.2, 0.25) is 11.6 Å². The molecule has 12 nitrogen and oxygen atoms in total. The van der Waals surface area contributed by atoms with Crippen LogP contribution in [0, 0.1) is 0 Å². The van der Waals surface area contributed by atoms with Crippen molar-refractivity contribution in [1.82, 2.24) is 0 Å². The Bertz CT molecular complexity index is 787. The topological polar surface area (TPSA) is 213 Å². The molecule has 0 saturated heterocycles. The molecule has 0 radical (unpaired) electrons. The van der Waals surface area contributed by atoms with Crippen molar-refractivity contribution >= 4 is 58.0 Å². The monoisotopic (exact) mass is 352 g/mol. The van der Waals surface area contributed by atoms with Crippen LogP contribution in [0.25, 0.3) is 0 Å². The molecule has 0 unspecified atom stereocenters. The molecule has 0 heterocycles. The third kappa shape index (κ3) is 3.97. The molecule has 0 spiro atoms. The molecule has 0 aromatic carbocycles. The van der Waals surface area contributed by atoms with Gasteiger partial charge in [-0.2, -0.15) is 16.8 Å². The van der Waals surface area contributed by atoms with E-state index < -0.39 is 60.5 Å². The van der Waals surface area contributed by atoms with Crippen molar-refractivity contribution < 1.29 is 55.3 Å². The van der Waals surface area contributed by atoms with E-state index in [-0.39, 0.29) is 18.9 Å². The van der Waals surface area contributed by atoms with Crippen molar-refractivity contribution in [1.29, 1.82) is 0 Å². The normalized spacial score (nSPS) is 16.5. The van der Waals surface area contributed by atoms with Gasteiger partial charge in [0.15, 0.2) is 21.3 Å². The van der Waals surface area contributed by atoms with Gasteiger partial charge in [-0.3, -0.25) is 18.7 Å². The number of aliphatic hydroxyl groups is 1. The summed E-state index contributed by atoms with van der Waals surface area (Å²) in [4.78, 5) is 19.2. The number of carbonyl (C=O) groups excluding carboxylic acids is 2. The molecule has 0 atom stereocenters. The van der Waals surface area contributed by atoms with Crippen LogP contribution in [0.5, 0.6) is 0 Å². The van der Waals surface area contributed by atoms with Gasteiger partial charge in [-0.25, -0.2) is 0 Å². The van der Waals surface area contributed by atoms with Gasteiger partial charge in [-0.1, -0.05) is 0 Å². The van der Waals surface area contributed by atoms with E-state index in [4.69, 9.17) is 19.2 Å². The van der Waals surface area contributed by atoms with Gasteiger partial charge in [0.1, 0.15) is 0 Å². The standard InChI is InChI=1S/C6H5BO12S2.Li.H/c8-1-2(9)6(21(16,17)18)4(19-7(11)12)3(10)5(1)20(13,14)15;;/h8,11-12H,(H,13,14,15)(H,16,17,18);;. The number of aliphatic hydroxyl groups excluding tert-OH is 1. The quantitative estimate of drug-likeness (QED) is 0.187. The Morgan fingerprint density at radius 2 is 1.27 bits per heavy atom. The number of hydrogen-bond acceptors (Lipinski definition) is 10. The maximum atomic E-state index is 11.6. The fourth-order valence-corrected chi connectivity index (χ4v) is 2.68. The maximum absolute atomic E-state index is 11.6. The summed E-state index contributed by atoms with van der Waals surface area (Å²) in [7, 11) is -13.9. The average Bonchev–Trinajstić information content (AvgIpc) is 2.21. The van der Waals surface area contributed by atoms with E-state index in [1.165, 1.54) is 0 Å². The van der Waals surface area contributed by atoms with Crippen molar-refractivity contribution in [3.63, 3.8) is 0 Å².